The molecule has 8 atom stereocenters. The lowest BCUT2D eigenvalue weighted by atomic mass is 9.84. The van der Waals surface area contributed by atoms with Crippen molar-refractivity contribution >= 4 is 63.2 Å². The molecule has 16 nitrogen and oxygen atoms in total. The second-order valence-electron chi connectivity index (χ2n) is 15.3. The number of amides is 4. The van der Waals surface area contributed by atoms with Crippen LogP contribution in [0.5, 0.6) is 0 Å². The molecule has 3 unspecified atom stereocenters. The van der Waals surface area contributed by atoms with E-state index >= 15 is 0 Å². The van der Waals surface area contributed by atoms with Gasteiger partial charge in [-0.2, -0.15) is 0 Å². The summed E-state index contributed by atoms with van der Waals surface area (Å²) in [4.78, 5) is 69.1. The maximum absolute atomic E-state index is 13.2. The van der Waals surface area contributed by atoms with Crippen LogP contribution in [0.1, 0.15) is 123 Å². The minimum atomic E-state index is -1.53. The fourth-order valence-corrected chi connectivity index (χ4v) is 8.27. The van der Waals surface area contributed by atoms with Gasteiger partial charge in [0, 0.05) is 28.7 Å². The van der Waals surface area contributed by atoms with Crippen molar-refractivity contribution in [3.8, 4) is 0 Å². The van der Waals surface area contributed by atoms with E-state index in [0.717, 1.165) is 50.8 Å². The van der Waals surface area contributed by atoms with Gasteiger partial charge in [0.05, 0.1) is 25.1 Å². The number of H-pyrrole nitrogens is 1. The quantitative estimate of drug-likeness (QED) is 0.0390. The first-order valence-corrected chi connectivity index (χ1v) is 21.0. The lowest BCUT2D eigenvalue weighted by Gasteiger charge is -2.42. The first kappa shape index (κ1) is 44.7. The molecule has 0 spiro atoms. The van der Waals surface area contributed by atoms with E-state index in [1.165, 1.54) is 11.2 Å². The molecule has 4 rings (SSSR count). The van der Waals surface area contributed by atoms with Crippen molar-refractivity contribution in [3.63, 3.8) is 0 Å². The number of aliphatic hydroxyl groups excluding tert-OH is 3. The number of hydrogen-bond acceptors (Lipinski definition) is 12. The van der Waals surface area contributed by atoms with Gasteiger partial charge in [-0.15, -0.1) is 0 Å². The van der Waals surface area contributed by atoms with Gasteiger partial charge in [0.1, 0.15) is 36.0 Å². The van der Waals surface area contributed by atoms with Crippen LogP contribution in [0, 0.1) is 11.8 Å². The maximum Gasteiger partial charge on any atom is 0.239 e. The van der Waals surface area contributed by atoms with Crippen molar-refractivity contribution in [1.29, 1.82) is 0 Å². The van der Waals surface area contributed by atoms with E-state index in [1.54, 1.807) is 0 Å². The molecule has 0 radical (unpaired) electrons. The summed E-state index contributed by atoms with van der Waals surface area (Å²) in [5.41, 5.74) is 0.952. The van der Waals surface area contributed by atoms with Crippen molar-refractivity contribution in [2.24, 2.45) is 11.8 Å². The third-order valence-corrected chi connectivity index (χ3v) is 13.0. The smallest absolute Gasteiger partial charge is 0.239 e. The summed E-state index contributed by atoms with van der Waals surface area (Å²) in [6.07, 6.45) is 4.77. The molecule has 4 heterocycles. The van der Waals surface area contributed by atoms with E-state index in [2.05, 4.69) is 93.1 Å². The molecule has 55 heavy (non-hydrogen) atoms. The molecule has 0 aromatic carbocycles. The van der Waals surface area contributed by atoms with Crippen LogP contribution in [-0.2, 0) is 23.9 Å². The Morgan fingerprint density at radius 2 is 1.84 bits per heavy atom. The Balaban J connectivity index is 1.22. The predicted octanol–water partition coefficient (Wildman–Crippen LogP) is 3.44. The first-order chi connectivity index (χ1) is 26.3. The summed E-state index contributed by atoms with van der Waals surface area (Å²) in [5.74, 6) is 0.324. The number of halogens is 1. The van der Waals surface area contributed by atoms with E-state index in [1.807, 2.05) is 0 Å². The average molecular weight is 885 g/mol. The van der Waals surface area contributed by atoms with Crippen LogP contribution in [0.2, 0.25) is 0 Å². The number of imide groups is 1. The Labute approximate surface area is 337 Å². The van der Waals surface area contributed by atoms with Gasteiger partial charge >= 0.3 is 0 Å². The molecule has 2 aromatic rings. The number of aromatic nitrogens is 4. The number of rotatable bonds is 22. The monoisotopic (exact) mass is 884 g/mol. The number of likely N-dealkylation sites (tertiary alicyclic amines) is 1. The molecule has 0 aliphatic carbocycles. The SMILES string of the molecule is CCCCC(I)(CC)C1CC(=O)N(CCCCCC(=O)NCC(=O)N[C@@H]2[C@@H](O)[C@H](O)[C@@H](Nc3ncnc4nc(C(CC)CCC(C)C)[nH]c34)O[C@H]2CO)C1=O. The van der Waals surface area contributed by atoms with Gasteiger partial charge in [0.2, 0.25) is 23.6 Å². The molecular weight excluding hydrogens is 823 g/mol. The molecule has 0 bridgehead atoms. The molecule has 2 aliphatic rings. The molecule has 2 saturated heterocycles. The molecule has 2 aliphatic heterocycles. The summed E-state index contributed by atoms with van der Waals surface area (Å²) < 4.78 is 5.69. The zero-order chi connectivity index (χ0) is 40.3. The van der Waals surface area contributed by atoms with Crippen molar-refractivity contribution < 1.29 is 39.2 Å². The number of fused-ring (bicyclic) bond motifs is 1. The Hall–Kier alpha value is -3.00. The minimum absolute atomic E-state index is 0.0925. The number of carbonyl (C=O) groups excluding carboxylic acids is 4. The van der Waals surface area contributed by atoms with Crippen LogP contribution < -0.4 is 16.0 Å². The van der Waals surface area contributed by atoms with Crippen molar-refractivity contribution in [2.45, 2.75) is 152 Å². The van der Waals surface area contributed by atoms with Crippen LogP contribution in [0.15, 0.2) is 6.33 Å². The standard InChI is InChI=1S/C38H61IN8O8/c1-6-9-16-38(39,8-3)24-18-28(51)47(37(24)54)17-12-10-11-13-26(49)40-19-27(50)43-29-25(20-48)55-36(32(53)31(29)52)46-35-30-34(41-21-42-35)45-33(44-30)23(7-2)15-14-22(4)5/h21-25,29,31-32,36,48,52-53H,6-20H2,1-5H3,(H,40,49)(H,43,50)(H2,41,42,44,45,46)/t23?,24?,25-,29-,31+,32-,36-,38?/m0/s1. The summed E-state index contributed by atoms with van der Waals surface area (Å²) in [5, 5.41) is 40.3. The lowest BCUT2D eigenvalue weighted by molar-refractivity contribution is -0.185. The normalized spacial score (nSPS) is 24.7. The summed E-state index contributed by atoms with van der Waals surface area (Å²) >= 11 is 2.38. The number of aliphatic hydroxyl groups is 3. The number of alkyl halides is 1. The molecule has 4 amide bonds. The fourth-order valence-electron chi connectivity index (χ4n) is 7.40. The third kappa shape index (κ3) is 11.5. The van der Waals surface area contributed by atoms with Gasteiger partial charge in [0.15, 0.2) is 17.7 Å². The van der Waals surface area contributed by atoms with Crippen molar-refractivity contribution in [3.05, 3.63) is 12.2 Å². The van der Waals surface area contributed by atoms with Gasteiger partial charge in [0.25, 0.3) is 0 Å². The molecule has 17 heteroatoms. The topological polar surface area (TPSA) is 232 Å². The summed E-state index contributed by atoms with van der Waals surface area (Å²) in [7, 11) is 0. The highest BCUT2D eigenvalue weighted by atomic mass is 127. The Bertz CT molecular complexity index is 1590. The highest BCUT2D eigenvalue weighted by Gasteiger charge is 2.48. The van der Waals surface area contributed by atoms with Crippen molar-refractivity contribution in [2.75, 3.05) is 25.0 Å². The van der Waals surface area contributed by atoms with Crippen LogP contribution in [-0.4, -0.2) is 117 Å². The van der Waals surface area contributed by atoms with Gasteiger partial charge in [-0.05, 0) is 44.4 Å². The molecule has 2 aromatic heterocycles. The number of nitrogens with one attached hydrogen (secondary N) is 4. The second-order valence-corrected chi connectivity index (χ2v) is 17.5. The highest BCUT2D eigenvalue weighted by Crippen LogP contribution is 2.43. The second kappa shape index (κ2) is 21.0. The number of anilines is 1. The maximum atomic E-state index is 13.2. The highest BCUT2D eigenvalue weighted by molar-refractivity contribution is 14.1. The number of hydrogen-bond donors (Lipinski definition) is 7. The number of unbranched alkanes of at least 4 members (excludes halogenated alkanes) is 3. The van der Waals surface area contributed by atoms with Crippen LogP contribution in [0.4, 0.5) is 5.82 Å². The van der Waals surface area contributed by atoms with Gasteiger partial charge in [-0.3, -0.25) is 24.1 Å². The largest absolute Gasteiger partial charge is 0.394 e. The van der Waals surface area contributed by atoms with E-state index in [-0.39, 0.29) is 52.4 Å². The van der Waals surface area contributed by atoms with Gasteiger partial charge in [-0.25, -0.2) is 15.0 Å². The third-order valence-electron chi connectivity index (χ3n) is 10.9. The van der Waals surface area contributed by atoms with E-state index in [4.69, 9.17) is 4.74 Å². The average Bonchev–Trinajstić information content (AvgIpc) is 3.73. The van der Waals surface area contributed by atoms with E-state index in [0.29, 0.717) is 48.7 Å². The lowest BCUT2D eigenvalue weighted by Crippen LogP contribution is -2.66. The summed E-state index contributed by atoms with van der Waals surface area (Å²) in [6.45, 7) is 10.0. The summed E-state index contributed by atoms with van der Waals surface area (Å²) in [6, 6.07) is -1.17. The first-order valence-electron chi connectivity index (χ1n) is 19.9. The number of nitrogens with zero attached hydrogens (tertiary/aromatic N) is 4. The predicted molar refractivity (Wildman–Crippen MR) is 215 cm³/mol. The molecular formula is C38H61IN8O8. The molecule has 0 saturated carbocycles. The number of carbonyl (C=O) groups is 4. The van der Waals surface area contributed by atoms with Gasteiger partial charge < -0.3 is 41.0 Å². The fraction of sp³-hybridized carbons (Fsp3) is 0.763. The number of ether oxygens (including phenoxy) is 1. The van der Waals surface area contributed by atoms with E-state index < -0.39 is 43.1 Å². The number of aromatic amines is 1. The van der Waals surface area contributed by atoms with Crippen molar-refractivity contribution in [1.82, 2.24) is 35.5 Å². The van der Waals surface area contributed by atoms with Crippen LogP contribution in [0.3, 0.4) is 0 Å². The van der Waals surface area contributed by atoms with Crippen LogP contribution >= 0.6 is 22.6 Å². The van der Waals surface area contributed by atoms with E-state index in [9.17, 15) is 34.5 Å². The minimum Gasteiger partial charge on any atom is -0.394 e. The Morgan fingerprint density at radius 1 is 1.07 bits per heavy atom. The van der Waals surface area contributed by atoms with Crippen LogP contribution in [0.25, 0.3) is 11.2 Å². The Kier molecular flexibility index (Phi) is 17.0. The Morgan fingerprint density at radius 3 is 2.51 bits per heavy atom. The molecule has 7 N–H and O–H groups in total. The van der Waals surface area contributed by atoms with Gasteiger partial charge in [-0.1, -0.05) is 82.9 Å². The zero-order valence-electron chi connectivity index (χ0n) is 32.9. The molecule has 2 fully saturated rings. The zero-order valence-corrected chi connectivity index (χ0v) is 35.0. The number of imidazole rings is 1. The molecule has 308 valence electrons.